The number of aryl methyl sites for hydroxylation is 2. The van der Waals surface area contributed by atoms with Crippen molar-refractivity contribution in [3.05, 3.63) is 64.0 Å². The van der Waals surface area contributed by atoms with Crippen molar-refractivity contribution in [3.8, 4) is 17.0 Å². The van der Waals surface area contributed by atoms with Crippen molar-refractivity contribution >= 4 is 28.3 Å². The van der Waals surface area contributed by atoms with Crippen molar-refractivity contribution < 1.29 is 28.2 Å². The first-order chi connectivity index (χ1) is 19.1. The Kier molecular flexibility index (Phi) is 6.76. The number of hydrogen-bond acceptors (Lipinski definition) is 6. The van der Waals surface area contributed by atoms with Gasteiger partial charge in [-0.05, 0) is 73.9 Å². The quantitative estimate of drug-likeness (QED) is 0.398. The number of alkyl halides is 2. The molecule has 3 aromatic rings. The Morgan fingerprint density at radius 1 is 1.10 bits per heavy atom. The molecule has 7 nitrogen and oxygen atoms in total. The van der Waals surface area contributed by atoms with E-state index >= 15 is 0 Å². The molecule has 2 aromatic carbocycles. The number of likely N-dealkylation sites (tertiary alicyclic amines) is 1. The van der Waals surface area contributed by atoms with Gasteiger partial charge in [0.15, 0.2) is 5.13 Å². The van der Waals surface area contributed by atoms with Crippen LogP contribution in [-0.4, -0.2) is 59.0 Å². The second kappa shape index (κ2) is 10.1. The third-order valence-electron chi connectivity index (χ3n) is 8.40. The number of fused-ring (bicyclic) bond motifs is 2. The van der Waals surface area contributed by atoms with Crippen molar-refractivity contribution in [2.75, 3.05) is 31.1 Å². The summed E-state index contributed by atoms with van der Waals surface area (Å²) >= 11 is 1.57. The van der Waals surface area contributed by atoms with Crippen LogP contribution < -0.4 is 9.64 Å². The van der Waals surface area contributed by atoms with E-state index in [1.807, 2.05) is 43.5 Å². The first-order valence-electron chi connectivity index (χ1n) is 13.5. The summed E-state index contributed by atoms with van der Waals surface area (Å²) in [5.41, 5.74) is 4.91. The summed E-state index contributed by atoms with van der Waals surface area (Å²) in [5, 5.41) is 12.6. The van der Waals surface area contributed by atoms with Gasteiger partial charge in [0.05, 0.1) is 24.7 Å². The van der Waals surface area contributed by atoms with Gasteiger partial charge in [0.1, 0.15) is 12.4 Å². The third kappa shape index (κ3) is 5.05. The van der Waals surface area contributed by atoms with Crippen LogP contribution in [0.2, 0.25) is 0 Å². The summed E-state index contributed by atoms with van der Waals surface area (Å²) in [6.45, 7) is 4.54. The number of anilines is 1. The highest BCUT2D eigenvalue weighted by molar-refractivity contribution is 7.14. The van der Waals surface area contributed by atoms with Gasteiger partial charge in [-0.25, -0.2) is 13.8 Å². The zero-order valence-electron chi connectivity index (χ0n) is 22.4. The lowest BCUT2D eigenvalue weighted by atomic mass is 9.85. The molecule has 2 saturated heterocycles. The largest absolute Gasteiger partial charge is 0.488 e. The maximum Gasteiger partial charge on any atom is 0.307 e. The Balaban J connectivity index is 1.16. The number of nitrogens with zero attached hydrogens (tertiary/aromatic N) is 3. The zero-order chi connectivity index (χ0) is 28.2. The van der Waals surface area contributed by atoms with Gasteiger partial charge in [-0.2, -0.15) is 0 Å². The summed E-state index contributed by atoms with van der Waals surface area (Å²) in [6, 6.07) is 11.2. The van der Waals surface area contributed by atoms with Gasteiger partial charge in [-0.3, -0.25) is 9.59 Å². The molecule has 210 valence electrons. The third-order valence-corrected chi connectivity index (χ3v) is 9.30. The molecule has 1 N–H and O–H groups in total. The normalized spacial score (nSPS) is 23.1. The monoisotopic (exact) mass is 567 g/mol. The Labute approximate surface area is 235 Å². The Morgan fingerprint density at radius 3 is 2.48 bits per heavy atom. The molecule has 1 saturated carbocycles. The van der Waals surface area contributed by atoms with Crippen LogP contribution in [0.4, 0.5) is 13.9 Å². The molecule has 1 amide bonds. The van der Waals surface area contributed by atoms with E-state index in [0.29, 0.717) is 11.3 Å². The Hall–Kier alpha value is -3.53. The minimum Gasteiger partial charge on any atom is -0.488 e. The molecule has 6 rings (SSSR count). The molecule has 3 aliphatic rings. The van der Waals surface area contributed by atoms with Gasteiger partial charge >= 0.3 is 5.97 Å². The average molecular weight is 568 g/mol. The van der Waals surface area contributed by atoms with Crippen molar-refractivity contribution in [2.45, 2.75) is 39.2 Å². The fourth-order valence-electron chi connectivity index (χ4n) is 6.27. The highest BCUT2D eigenvalue weighted by Gasteiger charge is 2.47. The maximum atomic E-state index is 13.2. The van der Waals surface area contributed by atoms with E-state index < -0.39 is 25.0 Å². The molecule has 2 aliphatic heterocycles. The molecule has 0 radical (unpaired) electrons. The van der Waals surface area contributed by atoms with Crippen LogP contribution in [0.15, 0.2) is 41.8 Å². The van der Waals surface area contributed by atoms with Gasteiger partial charge < -0.3 is 19.6 Å². The highest BCUT2D eigenvalue weighted by Crippen LogP contribution is 2.44. The molecule has 0 spiro atoms. The van der Waals surface area contributed by atoms with E-state index in [9.17, 15) is 23.5 Å². The number of halogens is 2. The predicted octanol–water partition coefficient (Wildman–Crippen LogP) is 5.64. The number of rotatable bonds is 7. The minimum atomic E-state index is -2.79. The van der Waals surface area contributed by atoms with Gasteiger partial charge in [0.2, 0.25) is 0 Å². The molecule has 40 heavy (non-hydrogen) atoms. The molecule has 3 atom stereocenters. The van der Waals surface area contributed by atoms with Gasteiger partial charge in [-0.15, -0.1) is 11.3 Å². The van der Waals surface area contributed by atoms with E-state index in [0.717, 1.165) is 63.9 Å². The maximum absolute atomic E-state index is 13.2. The van der Waals surface area contributed by atoms with E-state index in [2.05, 4.69) is 4.90 Å². The molecule has 2 bridgehead atoms. The molecule has 3 heterocycles. The van der Waals surface area contributed by atoms with Crippen LogP contribution in [0.3, 0.4) is 0 Å². The number of carbonyl (C=O) groups is 2. The molecule has 10 heteroatoms. The SMILES string of the molecule is Cc1ccc(OCc2ccc(C(=O)N3CC(F)(F)C3)cc2C)c(-c2csc(N3C[C@H]4CC[C@@H](C3)[C@H]4C(=O)O)n2)c1. The lowest BCUT2D eigenvalue weighted by Crippen LogP contribution is -2.58. The molecule has 1 aromatic heterocycles. The summed E-state index contributed by atoms with van der Waals surface area (Å²) in [7, 11) is 0. The molecule has 3 fully saturated rings. The number of aliphatic carboxylic acids is 1. The first-order valence-corrected chi connectivity index (χ1v) is 14.4. The summed E-state index contributed by atoms with van der Waals surface area (Å²) in [6.07, 6.45) is 1.91. The van der Waals surface area contributed by atoms with E-state index in [-0.39, 0.29) is 30.3 Å². The van der Waals surface area contributed by atoms with Crippen LogP contribution in [-0.2, 0) is 11.4 Å². The smallest absolute Gasteiger partial charge is 0.307 e. The Morgan fingerprint density at radius 2 is 1.82 bits per heavy atom. The fraction of sp³-hybridized carbons (Fsp3) is 0.433. The molecule has 0 unspecified atom stereocenters. The average Bonchev–Trinajstić information content (AvgIpc) is 3.49. The van der Waals surface area contributed by atoms with Crippen molar-refractivity contribution in [2.24, 2.45) is 17.8 Å². The number of amides is 1. The number of benzene rings is 2. The van der Waals surface area contributed by atoms with Crippen LogP contribution in [0.5, 0.6) is 5.75 Å². The highest BCUT2D eigenvalue weighted by atomic mass is 32.1. The second-order valence-electron chi connectivity index (χ2n) is 11.3. The predicted molar refractivity (Wildman–Crippen MR) is 148 cm³/mol. The van der Waals surface area contributed by atoms with E-state index in [4.69, 9.17) is 9.72 Å². The number of thiazole rings is 1. The van der Waals surface area contributed by atoms with Crippen molar-refractivity contribution in [1.29, 1.82) is 0 Å². The number of hydrogen-bond donors (Lipinski definition) is 1. The van der Waals surface area contributed by atoms with Crippen LogP contribution in [0, 0.1) is 31.6 Å². The van der Waals surface area contributed by atoms with Crippen LogP contribution in [0.25, 0.3) is 11.3 Å². The van der Waals surface area contributed by atoms with Crippen LogP contribution >= 0.6 is 11.3 Å². The molecular formula is C30H31F2N3O4S. The fourth-order valence-corrected chi connectivity index (χ4v) is 7.12. The van der Waals surface area contributed by atoms with Crippen molar-refractivity contribution in [1.82, 2.24) is 9.88 Å². The number of carboxylic acids is 1. The van der Waals surface area contributed by atoms with Gasteiger partial charge in [-0.1, -0.05) is 17.7 Å². The summed E-state index contributed by atoms with van der Waals surface area (Å²) < 4.78 is 32.6. The number of carboxylic acid groups (broad SMARTS) is 1. The van der Waals surface area contributed by atoms with Gasteiger partial charge in [0, 0.05) is 29.6 Å². The van der Waals surface area contributed by atoms with Crippen LogP contribution in [0.1, 0.15) is 39.9 Å². The van der Waals surface area contributed by atoms with Gasteiger partial charge in [0.25, 0.3) is 11.8 Å². The lowest BCUT2D eigenvalue weighted by molar-refractivity contribution is -0.144. The van der Waals surface area contributed by atoms with E-state index in [1.165, 1.54) is 0 Å². The van der Waals surface area contributed by atoms with Crippen molar-refractivity contribution in [3.63, 3.8) is 0 Å². The zero-order valence-corrected chi connectivity index (χ0v) is 23.2. The lowest BCUT2D eigenvalue weighted by Gasteiger charge is -2.38. The standard InChI is InChI=1S/C30H31F2N3O4S/c1-17-3-8-25(39-13-22-7-4-19(10-18(22)2)27(36)35-15-30(31,32)16-35)23(9-17)24-14-40-29(33-24)34-11-20-5-6-21(12-34)26(20)28(37)38/h3-4,7-10,14,20-21,26H,5-6,11-13,15-16H2,1-2H3,(H,37,38)/t20-,21+,26+. The molecular weight excluding hydrogens is 536 g/mol. The molecule has 1 aliphatic carbocycles. The summed E-state index contributed by atoms with van der Waals surface area (Å²) in [5.74, 6) is -3.08. The number of piperidine rings is 1. The summed E-state index contributed by atoms with van der Waals surface area (Å²) in [4.78, 5) is 32.6. The minimum absolute atomic E-state index is 0.165. The first kappa shape index (κ1) is 26.7. The Bertz CT molecular complexity index is 1450. The number of aromatic nitrogens is 1. The number of ether oxygens (including phenoxy) is 1. The second-order valence-corrected chi connectivity index (χ2v) is 12.2. The van der Waals surface area contributed by atoms with E-state index in [1.54, 1.807) is 23.5 Å². The topological polar surface area (TPSA) is 83.0 Å². The number of carbonyl (C=O) groups excluding carboxylic acids is 1.